The molecule has 0 aromatic heterocycles. The lowest BCUT2D eigenvalue weighted by Gasteiger charge is -2.13. The summed E-state index contributed by atoms with van der Waals surface area (Å²) in [5, 5.41) is 8.38. The molecule has 1 rings (SSSR count). The molecule has 0 amide bonds. The first kappa shape index (κ1) is 5.80. The molecule has 0 aromatic rings. The zero-order chi connectivity index (χ0) is 5.82. The van der Waals surface area contributed by atoms with Gasteiger partial charge in [-0.3, -0.25) is 0 Å². The van der Waals surface area contributed by atoms with Crippen molar-refractivity contribution in [2.75, 3.05) is 6.61 Å². The molecule has 0 spiro atoms. The Balaban J connectivity index is 2.25. The molecule has 1 aliphatic heterocycles. The van der Waals surface area contributed by atoms with Crippen molar-refractivity contribution in [1.29, 1.82) is 5.26 Å². The van der Waals surface area contributed by atoms with E-state index < -0.39 is 9.04 Å². The van der Waals surface area contributed by atoms with E-state index >= 15 is 0 Å². The highest BCUT2D eigenvalue weighted by atomic mass is 28.3. The Hall–Kier alpha value is -0.333. The highest BCUT2D eigenvalue weighted by molar-refractivity contribution is 6.60. The van der Waals surface area contributed by atoms with E-state index in [1.807, 2.05) is 0 Å². The van der Waals surface area contributed by atoms with Crippen molar-refractivity contribution < 1.29 is 4.43 Å². The first-order valence-corrected chi connectivity index (χ1v) is 4.81. The molecule has 8 heavy (non-hydrogen) atoms. The highest BCUT2D eigenvalue weighted by Crippen LogP contribution is 2.08. The number of hydrogen-bond donors (Lipinski definition) is 0. The third-order valence-corrected chi connectivity index (χ3v) is 3.18. The van der Waals surface area contributed by atoms with Crippen LogP contribution in [0.4, 0.5) is 0 Å². The maximum absolute atomic E-state index is 8.38. The van der Waals surface area contributed by atoms with Crippen molar-refractivity contribution in [1.82, 2.24) is 0 Å². The van der Waals surface area contributed by atoms with Gasteiger partial charge in [-0.05, 0) is 12.5 Å². The van der Waals surface area contributed by atoms with Gasteiger partial charge in [-0.15, -0.1) is 0 Å². The molecule has 2 nitrogen and oxygen atoms in total. The van der Waals surface area contributed by atoms with E-state index in [-0.39, 0.29) is 0 Å². The van der Waals surface area contributed by atoms with Crippen LogP contribution in [-0.2, 0) is 4.43 Å². The average molecular weight is 127 g/mol. The van der Waals surface area contributed by atoms with Crippen LogP contribution in [0, 0.1) is 11.0 Å². The van der Waals surface area contributed by atoms with Crippen LogP contribution in [0.3, 0.4) is 0 Å². The van der Waals surface area contributed by atoms with Gasteiger partial charge in [-0.2, -0.15) is 0 Å². The van der Waals surface area contributed by atoms with Gasteiger partial charge in [0.2, 0.25) is 0 Å². The number of hydrogen-bond acceptors (Lipinski definition) is 2. The predicted molar refractivity (Wildman–Crippen MR) is 32.8 cm³/mol. The van der Waals surface area contributed by atoms with Gasteiger partial charge in [0.05, 0.1) is 5.69 Å². The maximum atomic E-state index is 8.38. The average Bonchev–Trinajstić information content (AvgIpc) is 1.90. The minimum Gasteiger partial charge on any atom is -0.406 e. The van der Waals surface area contributed by atoms with E-state index in [0.717, 1.165) is 19.1 Å². The van der Waals surface area contributed by atoms with Crippen LogP contribution in [0.15, 0.2) is 0 Å². The van der Waals surface area contributed by atoms with Crippen LogP contribution in [0.2, 0.25) is 6.04 Å². The van der Waals surface area contributed by atoms with Gasteiger partial charge in [-0.25, -0.2) is 5.26 Å². The lowest BCUT2D eigenvalue weighted by atomic mass is 10.4. The Morgan fingerprint density at radius 3 is 2.75 bits per heavy atom. The van der Waals surface area contributed by atoms with E-state index in [0.29, 0.717) is 0 Å². The van der Waals surface area contributed by atoms with Crippen LogP contribution < -0.4 is 0 Å². The molecule has 1 fully saturated rings. The third kappa shape index (κ3) is 1.32. The lowest BCUT2D eigenvalue weighted by Crippen LogP contribution is -2.20. The van der Waals surface area contributed by atoms with E-state index in [1.165, 1.54) is 6.42 Å². The van der Waals surface area contributed by atoms with Crippen LogP contribution in [-0.4, -0.2) is 15.6 Å². The molecule has 0 radical (unpaired) electrons. The fourth-order valence-electron chi connectivity index (χ4n) is 0.843. The minimum absolute atomic E-state index is 0.838. The Kier molecular flexibility index (Phi) is 2.07. The second-order valence-corrected chi connectivity index (χ2v) is 4.13. The molecule has 44 valence electrons. The van der Waals surface area contributed by atoms with E-state index in [9.17, 15) is 0 Å². The summed E-state index contributed by atoms with van der Waals surface area (Å²) in [6, 6.07) is 1.07. The molecule has 1 unspecified atom stereocenters. The third-order valence-electron chi connectivity index (χ3n) is 1.32. The normalized spacial score (nSPS) is 29.1. The van der Waals surface area contributed by atoms with Gasteiger partial charge >= 0.3 is 0 Å². The van der Waals surface area contributed by atoms with Crippen LogP contribution in [0.1, 0.15) is 12.8 Å². The Morgan fingerprint density at radius 1 is 1.50 bits per heavy atom. The van der Waals surface area contributed by atoms with E-state index in [2.05, 4.69) is 5.69 Å². The van der Waals surface area contributed by atoms with Gasteiger partial charge in [0.15, 0.2) is 0 Å². The molecule has 0 aliphatic carbocycles. The summed E-state index contributed by atoms with van der Waals surface area (Å²) in [4.78, 5) is 0. The molecule has 1 saturated heterocycles. The molecule has 0 saturated carbocycles. The van der Waals surface area contributed by atoms with Crippen LogP contribution in [0.25, 0.3) is 0 Å². The molecule has 1 heterocycles. The van der Waals surface area contributed by atoms with Gasteiger partial charge in [0, 0.05) is 6.61 Å². The first-order chi connectivity index (χ1) is 3.93. The summed E-state index contributed by atoms with van der Waals surface area (Å²) in [6.07, 6.45) is 2.37. The SMILES string of the molecule is N#C[SiH]1CCCCO1. The molecular formula is C5H9NOSi. The number of nitrogens with zero attached hydrogens (tertiary/aromatic N) is 1. The molecule has 0 bridgehead atoms. The number of nitriles is 1. The van der Waals surface area contributed by atoms with E-state index in [4.69, 9.17) is 9.69 Å². The zero-order valence-corrected chi connectivity index (χ0v) is 5.92. The highest BCUT2D eigenvalue weighted by Gasteiger charge is 2.14. The summed E-state index contributed by atoms with van der Waals surface area (Å²) < 4.78 is 5.20. The molecule has 3 heteroatoms. The Labute approximate surface area is 50.8 Å². The molecule has 1 atom stereocenters. The molecule has 0 N–H and O–H groups in total. The number of rotatable bonds is 0. The Bertz CT molecular complexity index is 103. The maximum Gasteiger partial charge on any atom is 0.290 e. The zero-order valence-electron chi connectivity index (χ0n) is 4.76. The van der Waals surface area contributed by atoms with Gasteiger partial charge < -0.3 is 4.43 Å². The second-order valence-electron chi connectivity index (χ2n) is 1.98. The summed E-state index contributed by atoms with van der Waals surface area (Å²) in [7, 11) is -1.30. The summed E-state index contributed by atoms with van der Waals surface area (Å²) in [5.41, 5.74) is 2.22. The van der Waals surface area contributed by atoms with Crippen molar-refractivity contribution in [3.8, 4) is 5.69 Å². The monoisotopic (exact) mass is 127 g/mol. The van der Waals surface area contributed by atoms with Crippen molar-refractivity contribution in [2.45, 2.75) is 18.9 Å². The van der Waals surface area contributed by atoms with Gasteiger partial charge in [0.25, 0.3) is 9.04 Å². The van der Waals surface area contributed by atoms with Crippen molar-refractivity contribution in [2.24, 2.45) is 0 Å². The van der Waals surface area contributed by atoms with Gasteiger partial charge in [0.1, 0.15) is 0 Å². The van der Waals surface area contributed by atoms with Crippen LogP contribution in [0.5, 0.6) is 0 Å². The van der Waals surface area contributed by atoms with Crippen molar-refractivity contribution in [3.63, 3.8) is 0 Å². The molecule has 1 aliphatic rings. The van der Waals surface area contributed by atoms with Crippen molar-refractivity contribution >= 4 is 9.04 Å². The first-order valence-electron chi connectivity index (χ1n) is 2.94. The smallest absolute Gasteiger partial charge is 0.290 e. The summed E-state index contributed by atoms with van der Waals surface area (Å²) in [6.45, 7) is 0.838. The van der Waals surface area contributed by atoms with Gasteiger partial charge in [-0.1, -0.05) is 6.42 Å². The Morgan fingerprint density at radius 2 is 2.38 bits per heavy atom. The quantitative estimate of drug-likeness (QED) is 0.446. The second kappa shape index (κ2) is 2.85. The molecule has 0 aromatic carbocycles. The summed E-state index contributed by atoms with van der Waals surface area (Å²) >= 11 is 0. The summed E-state index contributed by atoms with van der Waals surface area (Å²) in [5.74, 6) is 0. The molecular weight excluding hydrogens is 118 g/mol. The topological polar surface area (TPSA) is 33.0 Å². The largest absolute Gasteiger partial charge is 0.406 e. The standard InChI is InChI=1S/C5H9NOSi/c6-5-8-4-2-1-3-7-8/h8H,1-4H2. The van der Waals surface area contributed by atoms with Crippen molar-refractivity contribution in [3.05, 3.63) is 0 Å². The van der Waals surface area contributed by atoms with Crippen LogP contribution >= 0.6 is 0 Å². The van der Waals surface area contributed by atoms with E-state index in [1.54, 1.807) is 0 Å². The predicted octanol–water partition coefficient (Wildman–Crippen LogP) is 0.583. The fraction of sp³-hybridized carbons (Fsp3) is 0.800. The minimum atomic E-state index is -1.30. The lowest BCUT2D eigenvalue weighted by molar-refractivity contribution is 0.295. The fourth-order valence-corrected chi connectivity index (χ4v) is 2.32.